The minimum absolute atomic E-state index is 0.0205. The number of amides is 3. The molecule has 0 aliphatic carbocycles. The largest absolute Gasteiger partial charge is 0.378 e. The number of carbonyl (C=O) groups is 2. The number of ether oxygens (including phenoxy) is 1. The molecule has 2 aliphatic rings. The molecule has 150 valence electrons. The number of imide groups is 1. The van der Waals surface area contributed by atoms with Crippen LogP contribution in [0.25, 0.3) is 6.08 Å². The molecular weight excluding hydrogens is 380 g/mol. The van der Waals surface area contributed by atoms with Gasteiger partial charge in [-0.3, -0.25) is 9.69 Å². The lowest BCUT2D eigenvalue weighted by molar-refractivity contribution is -0.123. The maximum atomic E-state index is 14.6. The molecule has 2 heterocycles. The van der Waals surface area contributed by atoms with Crippen molar-refractivity contribution in [2.45, 2.75) is 6.54 Å². The number of hydrogen-bond acceptors (Lipinski definition) is 4. The Bertz CT molecular complexity index is 970. The molecule has 4 rings (SSSR count). The van der Waals surface area contributed by atoms with Crippen molar-refractivity contribution >= 4 is 23.7 Å². The third-order valence-electron chi connectivity index (χ3n) is 4.85. The predicted octanol–water partition coefficient (Wildman–Crippen LogP) is 2.89. The van der Waals surface area contributed by atoms with E-state index in [1.807, 2.05) is 4.90 Å². The Labute approximate surface area is 166 Å². The molecule has 0 bridgehead atoms. The normalized spacial score (nSPS) is 18.5. The summed E-state index contributed by atoms with van der Waals surface area (Å²) in [6.45, 7) is 2.35. The Morgan fingerprint density at radius 2 is 1.76 bits per heavy atom. The van der Waals surface area contributed by atoms with Crippen molar-refractivity contribution in [3.63, 3.8) is 0 Å². The third-order valence-corrected chi connectivity index (χ3v) is 4.85. The van der Waals surface area contributed by atoms with Gasteiger partial charge < -0.3 is 15.0 Å². The van der Waals surface area contributed by atoms with E-state index in [0.29, 0.717) is 43.1 Å². The van der Waals surface area contributed by atoms with Crippen LogP contribution >= 0.6 is 0 Å². The Balaban J connectivity index is 1.50. The zero-order valence-corrected chi connectivity index (χ0v) is 15.5. The Morgan fingerprint density at radius 3 is 2.45 bits per heavy atom. The van der Waals surface area contributed by atoms with Crippen molar-refractivity contribution in [1.82, 2.24) is 10.2 Å². The lowest BCUT2D eigenvalue weighted by Crippen LogP contribution is -2.36. The van der Waals surface area contributed by atoms with Gasteiger partial charge in [-0.25, -0.2) is 13.6 Å². The predicted molar refractivity (Wildman–Crippen MR) is 103 cm³/mol. The molecule has 2 aliphatic heterocycles. The van der Waals surface area contributed by atoms with E-state index in [0.717, 1.165) is 4.90 Å². The molecular formula is C21H19F2N3O3. The van der Waals surface area contributed by atoms with Crippen LogP contribution in [0.3, 0.4) is 0 Å². The van der Waals surface area contributed by atoms with Gasteiger partial charge in [0.1, 0.15) is 17.3 Å². The minimum Gasteiger partial charge on any atom is -0.378 e. The molecule has 2 aromatic carbocycles. The van der Waals surface area contributed by atoms with Crippen LogP contribution < -0.4 is 10.2 Å². The topological polar surface area (TPSA) is 61.9 Å². The average molecular weight is 399 g/mol. The number of benzene rings is 2. The van der Waals surface area contributed by atoms with Crippen LogP contribution in [0.4, 0.5) is 19.3 Å². The van der Waals surface area contributed by atoms with Crippen LogP contribution in [0.2, 0.25) is 0 Å². The first-order chi connectivity index (χ1) is 14.0. The molecule has 0 atom stereocenters. The molecule has 0 saturated carbocycles. The van der Waals surface area contributed by atoms with Gasteiger partial charge in [0.15, 0.2) is 0 Å². The van der Waals surface area contributed by atoms with Gasteiger partial charge in [-0.05, 0) is 41.5 Å². The monoisotopic (exact) mass is 399 g/mol. The van der Waals surface area contributed by atoms with Gasteiger partial charge >= 0.3 is 6.03 Å². The van der Waals surface area contributed by atoms with Crippen LogP contribution in [0.15, 0.2) is 48.2 Å². The molecule has 8 heteroatoms. The maximum Gasteiger partial charge on any atom is 0.329 e. The number of carbonyl (C=O) groups excluding carboxylic acids is 2. The molecule has 0 radical (unpaired) electrons. The van der Waals surface area contributed by atoms with Crippen molar-refractivity contribution in [2.24, 2.45) is 0 Å². The number of morpholine rings is 1. The maximum absolute atomic E-state index is 14.6. The molecule has 2 aromatic rings. The summed E-state index contributed by atoms with van der Waals surface area (Å²) in [4.78, 5) is 27.7. The number of rotatable bonds is 4. The zero-order valence-electron chi connectivity index (χ0n) is 15.5. The summed E-state index contributed by atoms with van der Waals surface area (Å²) in [5.41, 5.74) is 1.63. The number of hydrogen-bond donors (Lipinski definition) is 1. The summed E-state index contributed by atoms with van der Waals surface area (Å²) in [5.74, 6) is -1.31. The van der Waals surface area contributed by atoms with E-state index >= 15 is 0 Å². The lowest BCUT2D eigenvalue weighted by atomic mass is 10.1. The third kappa shape index (κ3) is 4.12. The van der Waals surface area contributed by atoms with E-state index in [9.17, 15) is 18.4 Å². The summed E-state index contributed by atoms with van der Waals surface area (Å²) in [6, 6.07) is 9.67. The van der Waals surface area contributed by atoms with Crippen LogP contribution in [-0.4, -0.2) is 43.1 Å². The van der Waals surface area contributed by atoms with Crippen molar-refractivity contribution in [2.75, 3.05) is 31.2 Å². The highest BCUT2D eigenvalue weighted by Crippen LogP contribution is 2.24. The minimum atomic E-state index is -0.573. The van der Waals surface area contributed by atoms with Gasteiger partial charge in [0.2, 0.25) is 0 Å². The van der Waals surface area contributed by atoms with E-state index in [-0.39, 0.29) is 12.2 Å². The first-order valence-corrected chi connectivity index (χ1v) is 9.22. The highest BCUT2D eigenvalue weighted by molar-refractivity contribution is 6.13. The van der Waals surface area contributed by atoms with Gasteiger partial charge in [-0.15, -0.1) is 0 Å². The number of halogens is 2. The molecule has 1 N–H and O–H groups in total. The molecule has 3 amide bonds. The van der Waals surface area contributed by atoms with Crippen LogP contribution in [0, 0.1) is 11.6 Å². The van der Waals surface area contributed by atoms with Crippen molar-refractivity contribution < 1.29 is 23.1 Å². The molecule has 2 saturated heterocycles. The number of urea groups is 1. The summed E-state index contributed by atoms with van der Waals surface area (Å²) < 4.78 is 32.9. The highest BCUT2D eigenvalue weighted by atomic mass is 19.1. The standard InChI is InChI=1S/C21H19F2N3O3/c22-16-4-1-14(2-5-16)13-26-20(27)18(24-21(26)28)12-15-3-6-19(17(23)11-15)25-7-9-29-10-8-25/h1-6,11-12H,7-10,13H2,(H,24,28)/b18-12-. The van der Waals surface area contributed by atoms with Crippen LogP contribution in [0.5, 0.6) is 0 Å². The molecule has 0 aromatic heterocycles. The molecule has 6 nitrogen and oxygen atoms in total. The lowest BCUT2D eigenvalue weighted by Gasteiger charge is -2.29. The van der Waals surface area contributed by atoms with Crippen LogP contribution in [-0.2, 0) is 16.1 Å². The fourth-order valence-electron chi connectivity index (χ4n) is 3.33. The number of nitrogens with zero attached hydrogens (tertiary/aromatic N) is 2. The number of nitrogens with one attached hydrogen (secondary N) is 1. The molecule has 0 spiro atoms. The summed E-state index contributed by atoms with van der Waals surface area (Å²) >= 11 is 0. The fourth-order valence-corrected chi connectivity index (χ4v) is 3.33. The summed E-state index contributed by atoms with van der Waals surface area (Å²) in [6.07, 6.45) is 1.44. The van der Waals surface area contributed by atoms with E-state index in [1.165, 1.54) is 36.4 Å². The zero-order chi connectivity index (χ0) is 20.4. The van der Waals surface area contributed by atoms with E-state index in [1.54, 1.807) is 12.1 Å². The SMILES string of the molecule is O=C1N/C(=C\c2ccc(N3CCOCC3)c(F)c2)C(=O)N1Cc1ccc(F)cc1. The quantitative estimate of drug-likeness (QED) is 0.635. The van der Waals surface area contributed by atoms with Gasteiger partial charge in [0, 0.05) is 13.1 Å². The van der Waals surface area contributed by atoms with Gasteiger partial charge in [0.05, 0.1) is 25.4 Å². The van der Waals surface area contributed by atoms with E-state index < -0.39 is 23.6 Å². The smallest absolute Gasteiger partial charge is 0.329 e. The average Bonchev–Trinajstić information content (AvgIpc) is 2.98. The Kier molecular flexibility index (Phi) is 5.26. The van der Waals surface area contributed by atoms with Crippen LogP contribution in [0.1, 0.15) is 11.1 Å². The fraction of sp³-hybridized carbons (Fsp3) is 0.238. The van der Waals surface area contributed by atoms with Crippen molar-refractivity contribution in [1.29, 1.82) is 0 Å². The Morgan fingerprint density at radius 1 is 1.03 bits per heavy atom. The van der Waals surface area contributed by atoms with Gasteiger partial charge in [0.25, 0.3) is 5.91 Å². The van der Waals surface area contributed by atoms with Gasteiger partial charge in [-0.1, -0.05) is 18.2 Å². The summed E-state index contributed by atoms with van der Waals surface area (Å²) in [5, 5.41) is 2.51. The molecule has 0 unspecified atom stereocenters. The van der Waals surface area contributed by atoms with Gasteiger partial charge in [-0.2, -0.15) is 0 Å². The first-order valence-electron chi connectivity index (χ1n) is 9.22. The van der Waals surface area contributed by atoms with E-state index in [4.69, 9.17) is 4.74 Å². The Hall–Kier alpha value is -3.26. The summed E-state index contributed by atoms with van der Waals surface area (Å²) in [7, 11) is 0. The second-order valence-corrected chi connectivity index (χ2v) is 6.82. The second-order valence-electron chi connectivity index (χ2n) is 6.82. The van der Waals surface area contributed by atoms with E-state index in [2.05, 4.69) is 5.32 Å². The highest BCUT2D eigenvalue weighted by Gasteiger charge is 2.33. The molecule has 2 fully saturated rings. The van der Waals surface area contributed by atoms with Crippen molar-refractivity contribution in [3.05, 3.63) is 70.9 Å². The molecule has 29 heavy (non-hydrogen) atoms. The van der Waals surface area contributed by atoms with Crippen molar-refractivity contribution in [3.8, 4) is 0 Å². The number of anilines is 1. The second kappa shape index (κ2) is 8.00. The first kappa shape index (κ1) is 19.1.